The van der Waals surface area contributed by atoms with E-state index in [0.717, 1.165) is 6.07 Å². The SMILES string of the molecule is C[C@@H]1CN(c2cnc3nc(OS(=O)(=O)C(F)(F)F)cc(Cl)c3c2)C[C@H](C)N1C(=O)OC(C)(C)C. The van der Waals surface area contributed by atoms with Crippen molar-refractivity contribution in [1.82, 2.24) is 14.9 Å². The highest BCUT2D eigenvalue weighted by Gasteiger charge is 2.49. The van der Waals surface area contributed by atoms with Crippen molar-refractivity contribution < 1.29 is 35.3 Å². The van der Waals surface area contributed by atoms with Gasteiger partial charge in [0.05, 0.1) is 29.0 Å². The van der Waals surface area contributed by atoms with E-state index < -0.39 is 33.2 Å². The average molecular weight is 525 g/mol. The van der Waals surface area contributed by atoms with E-state index in [2.05, 4.69) is 14.2 Å². The molecule has 14 heteroatoms. The lowest BCUT2D eigenvalue weighted by Crippen LogP contribution is -2.59. The molecule has 188 valence electrons. The molecule has 3 heterocycles. The largest absolute Gasteiger partial charge is 0.534 e. The molecule has 0 unspecified atom stereocenters. The molecule has 0 N–H and O–H groups in total. The van der Waals surface area contributed by atoms with Crippen molar-refractivity contribution in [3.8, 4) is 5.88 Å². The Balaban J connectivity index is 1.84. The number of hydrogen-bond acceptors (Lipinski definition) is 8. The van der Waals surface area contributed by atoms with Gasteiger partial charge in [0.15, 0.2) is 5.65 Å². The van der Waals surface area contributed by atoms with Gasteiger partial charge in [-0.15, -0.1) is 0 Å². The zero-order chi connectivity index (χ0) is 25.6. The van der Waals surface area contributed by atoms with E-state index in [-0.39, 0.29) is 22.8 Å². The van der Waals surface area contributed by atoms with Crippen molar-refractivity contribution in [3.63, 3.8) is 0 Å². The van der Waals surface area contributed by atoms with Crippen LogP contribution in [-0.2, 0) is 14.9 Å². The zero-order valence-electron chi connectivity index (χ0n) is 19.1. The smallest absolute Gasteiger partial charge is 0.444 e. The molecular weight excluding hydrogens is 501 g/mol. The molecule has 3 rings (SSSR count). The summed E-state index contributed by atoms with van der Waals surface area (Å²) in [6.07, 6.45) is 1.04. The van der Waals surface area contributed by atoms with E-state index in [1.807, 2.05) is 18.7 Å². The molecule has 1 aliphatic heterocycles. The topological polar surface area (TPSA) is 102 Å². The molecule has 2 atom stereocenters. The molecule has 0 aliphatic carbocycles. The molecular formula is C20H24ClF3N4O5S. The molecule has 0 radical (unpaired) electrons. The minimum atomic E-state index is -5.90. The monoisotopic (exact) mass is 524 g/mol. The minimum absolute atomic E-state index is 0.0831. The van der Waals surface area contributed by atoms with Gasteiger partial charge in [0.2, 0.25) is 5.88 Å². The maximum Gasteiger partial charge on any atom is 0.534 e. The van der Waals surface area contributed by atoms with Crippen molar-refractivity contribution in [1.29, 1.82) is 0 Å². The summed E-state index contributed by atoms with van der Waals surface area (Å²) in [6, 6.07) is 2.14. The molecule has 0 bridgehead atoms. The number of halogens is 4. The fourth-order valence-corrected chi connectivity index (χ4v) is 4.25. The highest BCUT2D eigenvalue weighted by molar-refractivity contribution is 7.87. The van der Waals surface area contributed by atoms with Gasteiger partial charge in [-0.05, 0) is 40.7 Å². The van der Waals surface area contributed by atoms with Crippen LogP contribution in [0.25, 0.3) is 11.0 Å². The van der Waals surface area contributed by atoms with Crippen molar-refractivity contribution >= 4 is 44.5 Å². The van der Waals surface area contributed by atoms with Crippen LogP contribution in [-0.4, -0.2) is 65.7 Å². The number of amides is 1. The second-order valence-electron chi connectivity index (χ2n) is 8.98. The van der Waals surface area contributed by atoms with E-state index in [9.17, 15) is 26.4 Å². The molecule has 1 aliphatic rings. The van der Waals surface area contributed by atoms with Crippen molar-refractivity contribution in [2.24, 2.45) is 0 Å². The first kappa shape index (κ1) is 26.1. The third-order valence-corrected chi connectivity index (χ3v) is 6.21. The van der Waals surface area contributed by atoms with Crippen LogP contribution in [0.5, 0.6) is 5.88 Å². The number of nitrogens with zero attached hydrogens (tertiary/aromatic N) is 4. The summed E-state index contributed by atoms with van der Waals surface area (Å²) in [5, 5.41) is 0.214. The van der Waals surface area contributed by atoms with Crippen LogP contribution in [0, 0.1) is 0 Å². The van der Waals surface area contributed by atoms with Gasteiger partial charge in [-0.2, -0.15) is 26.6 Å². The van der Waals surface area contributed by atoms with Crippen LogP contribution in [0.1, 0.15) is 34.6 Å². The Morgan fingerprint density at radius 3 is 2.26 bits per heavy atom. The predicted octanol–water partition coefficient (Wildman–Crippen LogP) is 4.35. The standard InChI is InChI=1S/C20H24ClF3N4O5S/c1-11-9-27(10-12(2)28(11)18(29)32-19(3,4)5)13-6-14-15(21)7-16(26-17(14)25-8-13)33-34(30,31)20(22,23)24/h6-8,11-12H,9-10H2,1-5H3/t11-,12+. The number of aromatic nitrogens is 2. The first-order valence-electron chi connectivity index (χ1n) is 10.2. The van der Waals surface area contributed by atoms with Gasteiger partial charge in [-0.25, -0.2) is 9.78 Å². The lowest BCUT2D eigenvalue weighted by Gasteiger charge is -2.45. The normalized spacial score (nSPS) is 19.9. The van der Waals surface area contributed by atoms with Crippen LogP contribution >= 0.6 is 11.6 Å². The van der Waals surface area contributed by atoms with E-state index in [0.29, 0.717) is 24.2 Å². The quantitative estimate of drug-likeness (QED) is 0.431. The van der Waals surface area contributed by atoms with Gasteiger partial charge >= 0.3 is 21.7 Å². The van der Waals surface area contributed by atoms with Gasteiger partial charge in [0, 0.05) is 24.5 Å². The van der Waals surface area contributed by atoms with Gasteiger partial charge < -0.3 is 13.8 Å². The van der Waals surface area contributed by atoms with Crippen LogP contribution in [0.3, 0.4) is 0 Å². The van der Waals surface area contributed by atoms with E-state index in [1.54, 1.807) is 31.7 Å². The first-order valence-corrected chi connectivity index (χ1v) is 12.0. The molecule has 2 aromatic heterocycles. The summed E-state index contributed by atoms with van der Waals surface area (Å²) in [5.74, 6) is -0.844. The number of pyridine rings is 2. The van der Waals surface area contributed by atoms with E-state index in [4.69, 9.17) is 16.3 Å². The van der Waals surface area contributed by atoms with Crippen LogP contribution < -0.4 is 9.08 Å². The van der Waals surface area contributed by atoms with Gasteiger partial charge in [-0.3, -0.25) is 4.90 Å². The molecule has 2 aromatic rings. The Labute approximate surface area is 199 Å². The number of piperazine rings is 1. The molecule has 1 saturated heterocycles. The lowest BCUT2D eigenvalue weighted by atomic mass is 10.1. The molecule has 0 spiro atoms. The number of carbonyl (C=O) groups excluding carboxylic acids is 1. The van der Waals surface area contributed by atoms with Gasteiger partial charge in [0.1, 0.15) is 5.60 Å². The predicted molar refractivity (Wildman–Crippen MR) is 119 cm³/mol. The fourth-order valence-electron chi connectivity index (χ4n) is 3.62. The van der Waals surface area contributed by atoms with Crippen LogP contribution in [0.15, 0.2) is 18.3 Å². The van der Waals surface area contributed by atoms with Crippen molar-refractivity contribution in [2.45, 2.75) is 57.8 Å². The van der Waals surface area contributed by atoms with E-state index >= 15 is 0 Å². The summed E-state index contributed by atoms with van der Waals surface area (Å²) >= 11 is 6.18. The lowest BCUT2D eigenvalue weighted by molar-refractivity contribution is -0.0501. The average Bonchev–Trinajstić information content (AvgIpc) is 2.64. The fraction of sp³-hybridized carbons (Fsp3) is 0.550. The summed E-state index contributed by atoms with van der Waals surface area (Å²) in [5.41, 5.74) is -5.67. The third kappa shape index (κ3) is 5.57. The second kappa shape index (κ2) is 8.91. The molecule has 9 nitrogen and oxygen atoms in total. The number of rotatable bonds is 3. The second-order valence-corrected chi connectivity index (χ2v) is 10.9. The Morgan fingerprint density at radius 2 is 1.74 bits per heavy atom. The first-order chi connectivity index (χ1) is 15.5. The zero-order valence-corrected chi connectivity index (χ0v) is 20.6. The maximum atomic E-state index is 12.6. The number of anilines is 1. The molecule has 0 saturated carbocycles. The van der Waals surface area contributed by atoms with E-state index in [1.165, 1.54) is 6.20 Å². The summed E-state index contributed by atoms with van der Waals surface area (Å²) < 4.78 is 69.8. The number of fused-ring (bicyclic) bond motifs is 1. The number of carbonyl (C=O) groups is 1. The van der Waals surface area contributed by atoms with Gasteiger partial charge in [-0.1, -0.05) is 11.6 Å². The Kier molecular flexibility index (Phi) is 6.83. The summed E-state index contributed by atoms with van der Waals surface area (Å²) in [6.45, 7) is 10.1. The highest BCUT2D eigenvalue weighted by Crippen LogP contribution is 2.32. The number of hydrogen-bond donors (Lipinski definition) is 0. The number of alkyl halides is 3. The Morgan fingerprint density at radius 1 is 1.15 bits per heavy atom. The summed E-state index contributed by atoms with van der Waals surface area (Å²) in [4.78, 5) is 24.1. The van der Waals surface area contributed by atoms with Crippen molar-refractivity contribution in [2.75, 3.05) is 18.0 Å². The van der Waals surface area contributed by atoms with Crippen LogP contribution in [0.2, 0.25) is 5.02 Å². The molecule has 1 amide bonds. The maximum absolute atomic E-state index is 12.6. The van der Waals surface area contributed by atoms with Gasteiger partial charge in [0.25, 0.3) is 0 Å². The molecule has 1 fully saturated rings. The van der Waals surface area contributed by atoms with Crippen LogP contribution in [0.4, 0.5) is 23.7 Å². The third-order valence-electron chi connectivity index (χ3n) is 4.94. The Bertz CT molecular complexity index is 1190. The number of ether oxygens (including phenoxy) is 1. The Hall–Kier alpha value is -2.54. The molecule has 34 heavy (non-hydrogen) atoms. The van der Waals surface area contributed by atoms with Crippen molar-refractivity contribution in [3.05, 3.63) is 23.4 Å². The minimum Gasteiger partial charge on any atom is -0.444 e. The molecule has 0 aromatic carbocycles. The summed E-state index contributed by atoms with van der Waals surface area (Å²) in [7, 11) is -5.90. The highest BCUT2D eigenvalue weighted by atomic mass is 35.5.